The summed E-state index contributed by atoms with van der Waals surface area (Å²) in [6, 6.07) is 18.7. The van der Waals surface area contributed by atoms with Gasteiger partial charge in [-0.1, -0.05) is 35.5 Å². The predicted molar refractivity (Wildman–Crippen MR) is 120 cm³/mol. The number of nitrogens with zero attached hydrogens (tertiary/aromatic N) is 3. The van der Waals surface area contributed by atoms with Gasteiger partial charge in [0.1, 0.15) is 12.4 Å². The zero-order valence-electron chi connectivity index (χ0n) is 17.9. The Hall–Kier alpha value is -4.73. The largest absolute Gasteiger partial charge is 0.473 e. The van der Waals surface area contributed by atoms with Crippen molar-refractivity contribution in [3.63, 3.8) is 0 Å². The fourth-order valence-electron chi connectivity index (χ4n) is 3.03. The Balaban J connectivity index is 1.37. The van der Waals surface area contributed by atoms with Gasteiger partial charge in [0.15, 0.2) is 5.76 Å². The highest BCUT2D eigenvalue weighted by Crippen LogP contribution is 2.27. The second-order valence-corrected chi connectivity index (χ2v) is 6.97. The van der Waals surface area contributed by atoms with Crippen LogP contribution in [0.5, 0.6) is 5.88 Å². The van der Waals surface area contributed by atoms with Crippen LogP contribution in [-0.2, 0) is 27.3 Å². The minimum Gasteiger partial charge on any atom is -0.473 e. The van der Waals surface area contributed by atoms with Crippen LogP contribution in [0.2, 0.25) is 0 Å². The van der Waals surface area contributed by atoms with E-state index in [1.807, 2.05) is 42.5 Å². The standard InChI is InChI=1S/C24H20N4O6/c29-15-31-16-33-24(30)27-23-20(4-3-11-26-23)21-13-19(28-34-21)12-17-6-8-18(9-7-17)14-32-22-5-1-2-10-25-22/h1-11,13,15H,12,14,16H2,(H,26,27,30). The predicted octanol–water partition coefficient (Wildman–Crippen LogP) is 3.98. The van der Waals surface area contributed by atoms with Gasteiger partial charge in [0.25, 0.3) is 6.47 Å². The average molecular weight is 460 g/mol. The third-order valence-electron chi connectivity index (χ3n) is 4.61. The number of rotatable bonds is 10. The Morgan fingerprint density at radius 1 is 1.00 bits per heavy atom. The maximum atomic E-state index is 11.8. The van der Waals surface area contributed by atoms with Crippen LogP contribution in [-0.4, -0.2) is 34.5 Å². The third-order valence-corrected chi connectivity index (χ3v) is 4.61. The van der Waals surface area contributed by atoms with Crippen molar-refractivity contribution in [1.82, 2.24) is 15.1 Å². The van der Waals surface area contributed by atoms with Gasteiger partial charge in [-0.25, -0.2) is 14.8 Å². The lowest BCUT2D eigenvalue weighted by Crippen LogP contribution is -2.16. The molecule has 1 amide bonds. The summed E-state index contributed by atoms with van der Waals surface area (Å²) in [6.45, 7) is 0.100. The van der Waals surface area contributed by atoms with Crippen molar-refractivity contribution in [2.45, 2.75) is 13.0 Å². The molecule has 172 valence electrons. The zero-order chi connectivity index (χ0) is 23.6. The van der Waals surface area contributed by atoms with Gasteiger partial charge in [0.05, 0.1) is 11.3 Å². The molecule has 0 saturated heterocycles. The molecule has 3 heterocycles. The summed E-state index contributed by atoms with van der Waals surface area (Å²) >= 11 is 0. The first-order valence-electron chi connectivity index (χ1n) is 10.2. The van der Waals surface area contributed by atoms with Gasteiger partial charge in [0, 0.05) is 30.9 Å². The van der Waals surface area contributed by atoms with Crippen molar-refractivity contribution in [2.24, 2.45) is 0 Å². The van der Waals surface area contributed by atoms with Crippen LogP contribution in [0.15, 0.2) is 77.6 Å². The number of anilines is 1. The number of pyridine rings is 2. The lowest BCUT2D eigenvalue weighted by atomic mass is 10.1. The van der Waals surface area contributed by atoms with Gasteiger partial charge in [0.2, 0.25) is 12.7 Å². The summed E-state index contributed by atoms with van der Waals surface area (Å²) in [6.07, 6.45) is 2.93. The number of carbonyl (C=O) groups excluding carboxylic acids is 2. The van der Waals surface area contributed by atoms with E-state index in [2.05, 4.69) is 25.2 Å². The van der Waals surface area contributed by atoms with E-state index in [0.29, 0.717) is 35.9 Å². The maximum Gasteiger partial charge on any atom is 0.415 e. The quantitative estimate of drug-likeness (QED) is 0.212. The lowest BCUT2D eigenvalue weighted by Gasteiger charge is -2.07. The molecule has 0 aliphatic heterocycles. The molecule has 1 aromatic carbocycles. The molecule has 10 heteroatoms. The smallest absolute Gasteiger partial charge is 0.415 e. The number of ether oxygens (including phenoxy) is 3. The van der Waals surface area contributed by atoms with Crippen molar-refractivity contribution < 1.29 is 28.3 Å². The Bertz CT molecular complexity index is 1230. The molecule has 0 radical (unpaired) electrons. The molecular weight excluding hydrogens is 440 g/mol. The van der Waals surface area contributed by atoms with Crippen molar-refractivity contribution >= 4 is 18.4 Å². The van der Waals surface area contributed by atoms with Crippen LogP contribution < -0.4 is 10.1 Å². The van der Waals surface area contributed by atoms with E-state index >= 15 is 0 Å². The molecular formula is C24H20N4O6. The van der Waals surface area contributed by atoms with Crippen LogP contribution in [0, 0.1) is 0 Å². The van der Waals surface area contributed by atoms with Crippen molar-refractivity contribution in [2.75, 3.05) is 12.1 Å². The van der Waals surface area contributed by atoms with Crippen LogP contribution in [0.1, 0.15) is 16.8 Å². The molecule has 0 atom stereocenters. The van der Waals surface area contributed by atoms with Crippen molar-refractivity contribution in [3.8, 4) is 17.2 Å². The Morgan fingerprint density at radius 3 is 2.62 bits per heavy atom. The van der Waals surface area contributed by atoms with E-state index in [9.17, 15) is 9.59 Å². The second kappa shape index (κ2) is 11.2. The zero-order valence-corrected chi connectivity index (χ0v) is 17.9. The summed E-state index contributed by atoms with van der Waals surface area (Å²) in [5, 5.41) is 6.61. The second-order valence-electron chi connectivity index (χ2n) is 6.97. The Kier molecular flexibility index (Phi) is 7.42. The molecule has 4 aromatic rings. The number of amides is 1. The minimum absolute atomic E-state index is 0.180. The highest BCUT2D eigenvalue weighted by Gasteiger charge is 2.15. The topological polar surface area (TPSA) is 126 Å². The number of benzene rings is 1. The highest BCUT2D eigenvalue weighted by molar-refractivity contribution is 5.88. The Labute approximate surface area is 194 Å². The normalized spacial score (nSPS) is 10.4. The van der Waals surface area contributed by atoms with E-state index in [1.54, 1.807) is 24.4 Å². The van der Waals surface area contributed by atoms with E-state index in [0.717, 1.165) is 11.1 Å². The molecule has 0 aliphatic rings. The summed E-state index contributed by atoms with van der Waals surface area (Å²) in [7, 11) is 0. The summed E-state index contributed by atoms with van der Waals surface area (Å²) in [5.41, 5.74) is 3.30. The fraction of sp³-hybridized carbons (Fsp3) is 0.125. The van der Waals surface area contributed by atoms with Crippen LogP contribution >= 0.6 is 0 Å². The summed E-state index contributed by atoms with van der Waals surface area (Å²) < 4.78 is 20.2. The molecule has 0 saturated carbocycles. The van der Waals surface area contributed by atoms with Crippen molar-refractivity contribution in [3.05, 3.63) is 89.9 Å². The van der Waals surface area contributed by atoms with Crippen LogP contribution in [0.4, 0.5) is 10.6 Å². The van der Waals surface area contributed by atoms with Gasteiger partial charge in [-0.05, 0) is 29.3 Å². The molecule has 0 spiro atoms. The van der Waals surface area contributed by atoms with Gasteiger partial charge >= 0.3 is 6.09 Å². The van der Waals surface area contributed by atoms with E-state index in [4.69, 9.17) is 14.0 Å². The van der Waals surface area contributed by atoms with E-state index in [-0.39, 0.29) is 12.3 Å². The fourth-order valence-corrected chi connectivity index (χ4v) is 3.03. The monoisotopic (exact) mass is 460 g/mol. The third kappa shape index (κ3) is 6.16. The molecule has 0 bridgehead atoms. The maximum absolute atomic E-state index is 11.8. The molecule has 10 nitrogen and oxygen atoms in total. The molecule has 4 rings (SSSR count). The van der Waals surface area contributed by atoms with Gasteiger partial charge in [-0.3, -0.25) is 10.1 Å². The number of carbonyl (C=O) groups is 2. The van der Waals surface area contributed by atoms with Crippen molar-refractivity contribution in [1.29, 1.82) is 0 Å². The number of hydrogen-bond donors (Lipinski definition) is 1. The molecule has 0 unspecified atom stereocenters. The number of hydrogen-bond acceptors (Lipinski definition) is 9. The van der Waals surface area contributed by atoms with Gasteiger partial charge in [-0.2, -0.15) is 0 Å². The number of nitrogens with one attached hydrogen (secondary N) is 1. The van der Waals surface area contributed by atoms with E-state index in [1.165, 1.54) is 6.20 Å². The molecule has 34 heavy (non-hydrogen) atoms. The summed E-state index contributed by atoms with van der Waals surface area (Å²) in [5.74, 6) is 1.23. The molecule has 1 N–H and O–H groups in total. The first kappa shape index (κ1) is 22.5. The molecule has 0 aliphatic carbocycles. The van der Waals surface area contributed by atoms with Crippen LogP contribution in [0.3, 0.4) is 0 Å². The van der Waals surface area contributed by atoms with Crippen LogP contribution in [0.25, 0.3) is 11.3 Å². The molecule has 0 fully saturated rings. The lowest BCUT2D eigenvalue weighted by molar-refractivity contribution is -0.136. The van der Waals surface area contributed by atoms with Gasteiger partial charge in [-0.15, -0.1) is 0 Å². The van der Waals surface area contributed by atoms with E-state index < -0.39 is 12.9 Å². The number of aromatic nitrogens is 3. The SMILES string of the molecule is O=COCOC(=O)Nc1ncccc1-c1cc(Cc2ccc(COc3ccccn3)cc2)no1. The Morgan fingerprint density at radius 2 is 1.82 bits per heavy atom. The summed E-state index contributed by atoms with van der Waals surface area (Å²) in [4.78, 5) is 30.3. The minimum atomic E-state index is -0.825. The highest BCUT2D eigenvalue weighted by atomic mass is 16.7. The molecule has 3 aromatic heterocycles. The van der Waals surface area contributed by atoms with Gasteiger partial charge < -0.3 is 18.7 Å². The average Bonchev–Trinajstić information content (AvgIpc) is 3.33. The first-order valence-corrected chi connectivity index (χ1v) is 10.2. The first-order chi connectivity index (χ1) is 16.7.